The molecule has 6 rings (SSSR count). The molecule has 2 fully saturated rings. The number of hydrogen-bond acceptors (Lipinski definition) is 7. The number of rotatable bonds is 2. The predicted molar refractivity (Wildman–Crippen MR) is 134 cm³/mol. The van der Waals surface area contributed by atoms with Crippen LogP contribution in [0.5, 0.6) is 0 Å². The third kappa shape index (κ3) is 3.28. The fourth-order valence-corrected chi connectivity index (χ4v) is 7.61. The molecular formula is C24H24BrN5O2S. The van der Waals surface area contributed by atoms with E-state index in [1.165, 1.54) is 5.56 Å². The minimum atomic E-state index is -0.842. The first-order valence-corrected chi connectivity index (χ1v) is 12.8. The maximum Gasteiger partial charge on any atom is 0.143 e. The molecular weight excluding hydrogens is 502 g/mol. The Kier molecular flexibility index (Phi) is 4.95. The van der Waals surface area contributed by atoms with Gasteiger partial charge in [-0.3, -0.25) is 0 Å². The second-order valence-corrected chi connectivity index (χ2v) is 11.3. The van der Waals surface area contributed by atoms with Crippen molar-refractivity contribution in [3.05, 3.63) is 58.6 Å². The zero-order chi connectivity index (χ0) is 22.9. The van der Waals surface area contributed by atoms with Crippen LogP contribution in [0, 0.1) is 12.3 Å². The van der Waals surface area contributed by atoms with Crippen molar-refractivity contribution in [2.75, 3.05) is 11.5 Å². The van der Waals surface area contributed by atoms with Crippen molar-refractivity contribution >= 4 is 55.4 Å². The van der Waals surface area contributed by atoms with Crippen LogP contribution in [0.25, 0.3) is 21.9 Å². The Labute approximate surface area is 203 Å². The molecule has 1 aliphatic carbocycles. The molecule has 0 bridgehead atoms. The Balaban J connectivity index is 1.30. The van der Waals surface area contributed by atoms with E-state index in [1.54, 1.807) is 6.33 Å². The van der Waals surface area contributed by atoms with Gasteiger partial charge in [0.15, 0.2) is 0 Å². The molecule has 1 aromatic carbocycles. The van der Waals surface area contributed by atoms with E-state index >= 15 is 0 Å². The lowest BCUT2D eigenvalue weighted by Crippen LogP contribution is -2.36. The molecule has 5 atom stereocenters. The number of benzene rings is 1. The van der Waals surface area contributed by atoms with Crippen LogP contribution in [-0.2, 0) is 0 Å². The van der Waals surface area contributed by atoms with Crippen LogP contribution in [-0.4, -0.2) is 47.7 Å². The molecule has 170 valence electrons. The number of nitrogens with zero attached hydrogens (tertiary/aromatic N) is 4. The molecule has 1 saturated heterocycles. The van der Waals surface area contributed by atoms with E-state index in [-0.39, 0.29) is 16.7 Å². The van der Waals surface area contributed by atoms with Gasteiger partial charge >= 0.3 is 0 Å². The van der Waals surface area contributed by atoms with Gasteiger partial charge in [0.05, 0.1) is 27.8 Å². The van der Waals surface area contributed by atoms with E-state index in [2.05, 4.69) is 49.1 Å². The van der Waals surface area contributed by atoms with Crippen LogP contribution in [0.4, 0.5) is 5.82 Å². The third-order valence-electron chi connectivity index (χ3n) is 7.38. The van der Waals surface area contributed by atoms with Gasteiger partial charge in [0.1, 0.15) is 23.9 Å². The number of aliphatic hydroxyl groups is 2. The highest BCUT2D eigenvalue weighted by Crippen LogP contribution is 2.59. The lowest BCUT2D eigenvalue weighted by molar-refractivity contribution is -0.0204. The Bertz CT molecular complexity index is 1390. The summed E-state index contributed by atoms with van der Waals surface area (Å²) in [5.74, 6) is 1.28. The first-order chi connectivity index (χ1) is 15.9. The second kappa shape index (κ2) is 7.66. The van der Waals surface area contributed by atoms with E-state index in [4.69, 9.17) is 5.73 Å². The lowest BCUT2D eigenvalue weighted by atomic mass is 9.80. The Morgan fingerprint density at radius 1 is 1.18 bits per heavy atom. The van der Waals surface area contributed by atoms with Crippen LogP contribution in [0.1, 0.15) is 35.4 Å². The molecule has 1 spiro atoms. The van der Waals surface area contributed by atoms with Crippen LogP contribution in [0.2, 0.25) is 0 Å². The minimum Gasteiger partial charge on any atom is -0.390 e. The fourth-order valence-electron chi connectivity index (χ4n) is 5.55. The predicted octanol–water partition coefficient (Wildman–Crippen LogP) is 4.16. The molecule has 1 aliphatic heterocycles. The lowest BCUT2D eigenvalue weighted by Gasteiger charge is -2.27. The van der Waals surface area contributed by atoms with Gasteiger partial charge in [-0.1, -0.05) is 12.1 Å². The number of aryl methyl sites for hydroxylation is 1. The van der Waals surface area contributed by atoms with Crippen LogP contribution < -0.4 is 5.73 Å². The number of nitrogens with two attached hydrogens (primary N) is 1. The van der Waals surface area contributed by atoms with Crippen molar-refractivity contribution in [1.82, 2.24) is 19.5 Å². The van der Waals surface area contributed by atoms with Crippen molar-refractivity contribution in [1.29, 1.82) is 0 Å². The second-order valence-electron chi connectivity index (χ2n) is 9.30. The zero-order valence-electron chi connectivity index (χ0n) is 18.0. The van der Waals surface area contributed by atoms with Crippen molar-refractivity contribution in [3.8, 4) is 0 Å². The highest BCUT2D eigenvalue weighted by atomic mass is 79.9. The molecule has 3 aromatic heterocycles. The summed E-state index contributed by atoms with van der Waals surface area (Å²) in [7, 11) is 0. The van der Waals surface area contributed by atoms with E-state index < -0.39 is 12.2 Å². The fraction of sp³-hybridized carbons (Fsp3) is 0.375. The molecule has 1 saturated carbocycles. The molecule has 4 heterocycles. The van der Waals surface area contributed by atoms with Gasteiger partial charge in [-0.05, 0) is 59.5 Å². The Hall–Kier alpha value is -2.20. The summed E-state index contributed by atoms with van der Waals surface area (Å²) in [4.78, 5) is 13.3. The van der Waals surface area contributed by atoms with Crippen LogP contribution in [0.15, 0.2) is 47.3 Å². The molecule has 0 radical (unpaired) electrons. The number of halogens is 1. The van der Waals surface area contributed by atoms with Gasteiger partial charge in [0.25, 0.3) is 0 Å². The smallest absolute Gasteiger partial charge is 0.143 e. The summed E-state index contributed by atoms with van der Waals surface area (Å²) in [5, 5.41) is 24.5. The number of thioether (sulfide) groups is 1. The average molecular weight is 526 g/mol. The van der Waals surface area contributed by atoms with Crippen LogP contribution >= 0.6 is 27.7 Å². The number of aliphatic hydroxyl groups excluding tert-OH is 2. The van der Waals surface area contributed by atoms with Gasteiger partial charge in [0, 0.05) is 33.4 Å². The molecule has 0 amide bonds. The summed E-state index contributed by atoms with van der Waals surface area (Å²) < 4.78 is 2.81. The van der Waals surface area contributed by atoms with E-state index in [0.29, 0.717) is 12.2 Å². The number of nitrogen functional groups attached to an aromatic ring is 1. The van der Waals surface area contributed by atoms with Gasteiger partial charge < -0.3 is 20.5 Å². The van der Waals surface area contributed by atoms with Crippen molar-refractivity contribution < 1.29 is 10.2 Å². The maximum atomic E-state index is 11.2. The van der Waals surface area contributed by atoms with Crippen molar-refractivity contribution in [2.45, 2.75) is 43.3 Å². The SMILES string of the molecule is Cc1ncnc2c1ccn2C1CC2(CSC(c3ccc4cc(Br)c(N)nc4c3)C2)C(O)C1O. The quantitative estimate of drug-likeness (QED) is 0.360. The van der Waals surface area contributed by atoms with Gasteiger partial charge in [-0.15, -0.1) is 0 Å². The van der Waals surface area contributed by atoms with E-state index in [0.717, 1.165) is 44.3 Å². The Morgan fingerprint density at radius 2 is 2.03 bits per heavy atom. The summed E-state index contributed by atoms with van der Waals surface area (Å²) in [6, 6.07) is 10.1. The number of fused-ring (bicyclic) bond motifs is 2. The normalized spacial score (nSPS) is 29.6. The number of hydrogen-bond donors (Lipinski definition) is 3. The van der Waals surface area contributed by atoms with Gasteiger partial charge in [-0.2, -0.15) is 11.8 Å². The number of aromatic nitrogens is 4. The largest absolute Gasteiger partial charge is 0.390 e. The number of anilines is 1. The molecule has 4 N–H and O–H groups in total. The third-order valence-corrected chi connectivity index (χ3v) is 9.60. The molecule has 7 nitrogen and oxygen atoms in total. The van der Waals surface area contributed by atoms with E-state index in [9.17, 15) is 10.2 Å². The standard InChI is InChI=1S/C24H24BrN5O2S/c1-12-15-4-5-30(23(15)28-11-27-12)18-8-24(21(32)20(18)31)9-19(33-10-24)14-3-2-13-6-16(25)22(26)29-17(13)7-14/h2-7,11,18-21,31-32H,8-10H2,1H3,(H2,26,29). The van der Waals surface area contributed by atoms with Gasteiger partial charge in [-0.25, -0.2) is 15.0 Å². The monoisotopic (exact) mass is 525 g/mol. The summed E-state index contributed by atoms with van der Waals surface area (Å²) in [6.45, 7) is 1.96. The first-order valence-electron chi connectivity index (χ1n) is 11.0. The summed E-state index contributed by atoms with van der Waals surface area (Å²) in [6.07, 6.45) is 3.40. The first kappa shape index (κ1) is 21.3. The zero-order valence-corrected chi connectivity index (χ0v) is 20.4. The maximum absolute atomic E-state index is 11.2. The molecule has 4 aromatic rings. The molecule has 9 heteroatoms. The minimum absolute atomic E-state index is 0.221. The number of pyridine rings is 1. The topological polar surface area (TPSA) is 110 Å². The van der Waals surface area contributed by atoms with Crippen molar-refractivity contribution in [3.63, 3.8) is 0 Å². The summed E-state index contributed by atoms with van der Waals surface area (Å²) >= 11 is 5.29. The highest BCUT2D eigenvalue weighted by Gasteiger charge is 2.56. The summed E-state index contributed by atoms with van der Waals surface area (Å²) in [5.41, 5.74) is 9.41. The molecule has 5 unspecified atom stereocenters. The Morgan fingerprint density at radius 3 is 2.88 bits per heavy atom. The highest BCUT2D eigenvalue weighted by molar-refractivity contribution is 9.10. The molecule has 2 aliphatic rings. The van der Waals surface area contributed by atoms with Crippen molar-refractivity contribution in [2.24, 2.45) is 5.41 Å². The van der Waals surface area contributed by atoms with E-state index in [1.807, 2.05) is 41.6 Å². The van der Waals surface area contributed by atoms with Gasteiger partial charge in [0.2, 0.25) is 0 Å². The van der Waals surface area contributed by atoms with Crippen LogP contribution in [0.3, 0.4) is 0 Å². The molecule has 33 heavy (non-hydrogen) atoms. The average Bonchev–Trinajstić information content (AvgIpc) is 3.48.